The topological polar surface area (TPSA) is 102 Å². The van der Waals surface area contributed by atoms with Crippen LogP contribution in [-0.2, 0) is 4.74 Å². The van der Waals surface area contributed by atoms with Crippen molar-refractivity contribution in [2.45, 2.75) is 44.2 Å². The van der Waals surface area contributed by atoms with Gasteiger partial charge in [0.05, 0.1) is 30.4 Å². The van der Waals surface area contributed by atoms with Gasteiger partial charge in [0.15, 0.2) is 5.82 Å². The number of nitrogens with zero attached hydrogens (tertiary/aromatic N) is 5. The van der Waals surface area contributed by atoms with Crippen LogP contribution in [-0.4, -0.2) is 84.0 Å². The molecule has 0 amide bonds. The number of anilines is 2. The van der Waals surface area contributed by atoms with Gasteiger partial charge in [-0.1, -0.05) is 11.6 Å². The van der Waals surface area contributed by atoms with Crippen LogP contribution in [0.5, 0.6) is 6.01 Å². The van der Waals surface area contributed by atoms with Gasteiger partial charge in [0.1, 0.15) is 28.8 Å². The summed E-state index contributed by atoms with van der Waals surface area (Å²) < 4.78 is 59.0. The summed E-state index contributed by atoms with van der Waals surface area (Å²) in [5, 5.41) is 3.99. The number of pyridine rings is 1. The standard InChI is InChI=1S/C33H35ClF3N7O2/c1-32-5-4-18(42-32)14-44(15-32)30-20-12-21(34)25(26-23(36)13-22(35)19-2-3-24(38)39-28(19)26)27(37)29(20)40-31(41-30)46-17-33(6-7-33)16-43-8-10-45-11-9-43/h2-3,12-13,18,42H,4-11,14-17H2,1H3,(H2,38,39)/t18-,32-/m1/s1. The molecule has 8 rings (SSSR count). The molecule has 4 aromatic rings. The summed E-state index contributed by atoms with van der Waals surface area (Å²) in [4.78, 5) is 18.1. The zero-order valence-electron chi connectivity index (χ0n) is 25.5. The Labute approximate surface area is 269 Å². The molecule has 3 aliphatic heterocycles. The van der Waals surface area contributed by atoms with E-state index in [2.05, 4.69) is 32.0 Å². The summed E-state index contributed by atoms with van der Waals surface area (Å²) in [6.45, 7) is 7.96. The number of fused-ring (bicyclic) bond motifs is 4. The Bertz CT molecular complexity index is 1870. The normalized spacial score (nSPS) is 24.2. The zero-order chi connectivity index (χ0) is 31.8. The Balaban J connectivity index is 1.24. The van der Waals surface area contributed by atoms with Crippen LogP contribution >= 0.6 is 11.6 Å². The molecule has 46 heavy (non-hydrogen) atoms. The molecule has 4 fully saturated rings. The number of hydrogen-bond acceptors (Lipinski definition) is 9. The van der Waals surface area contributed by atoms with Crippen molar-refractivity contribution >= 4 is 45.0 Å². The van der Waals surface area contributed by atoms with E-state index in [1.165, 1.54) is 12.1 Å². The number of rotatable bonds is 7. The summed E-state index contributed by atoms with van der Waals surface area (Å²) in [7, 11) is 0. The van der Waals surface area contributed by atoms with E-state index in [1.54, 1.807) is 6.07 Å². The fourth-order valence-electron chi connectivity index (χ4n) is 7.45. The highest BCUT2D eigenvalue weighted by Crippen LogP contribution is 2.47. The van der Waals surface area contributed by atoms with Gasteiger partial charge in [-0.2, -0.15) is 9.97 Å². The maximum atomic E-state index is 16.9. The molecule has 1 aliphatic carbocycles. The molecule has 2 atom stereocenters. The number of piperazine rings is 1. The van der Waals surface area contributed by atoms with Crippen LogP contribution in [0.4, 0.5) is 24.8 Å². The van der Waals surface area contributed by atoms with E-state index in [1.807, 2.05) is 0 Å². The molecule has 13 heteroatoms. The number of nitrogens with two attached hydrogens (primary N) is 1. The van der Waals surface area contributed by atoms with Gasteiger partial charge < -0.3 is 25.4 Å². The highest BCUT2D eigenvalue weighted by atomic mass is 35.5. The Morgan fingerprint density at radius 1 is 1.02 bits per heavy atom. The number of ether oxygens (including phenoxy) is 2. The van der Waals surface area contributed by atoms with Gasteiger partial charge in [-0.05, 0) is 50.8 Å². The molecule has 0 spiro atoms. The van der Waals surface area contributed by atoms with E-state index in [0.717, 1.165) is 58.5 Å². The summed E-state index contributed by atoms with van der Waals surface area (Å²) in [5.74, 6) is -2.18. The highest BCUT2D eigenvalue weighted by Gasteiger charge is 2.46. The number of nitrogens with one attached hydrogen (secondary N) is 1. The Morgan fingerprint density at radius 2 is 1.83 bits per heavy atom. The van der Waals surface area contributed by atoms with Gasteiger partial charge in [0.25, 0.3) is 0 Å². The lowest BCUT2D eigenvalue weighted by atomic mass is 9.97. The second-order valence-electron chi connectivity index (χ2n) is 13.6. The van der Waals surface area contributed by atoms with E-state index in [0.29, 0.717) is 37.0 Å². The van der Waals surface area contributed by atoms with Crippen molar-refractivity contribution < 1.29 is 22.6 Å². The molecule has 3 saturated heterocycles. The van der Waals surface area contributed by atoms with Gasteiger partial charge >= 0.3 is 6.01 Å². The molecule has 0 radical (unpaired) electrons. The van der Waals surface area contributed by atoms with Gasteiger partial charge in [-0.3, -0.25) is 4.90 Å². The summed E-state index contributed by atoms with van der Waals surface area (Å²) in [6, 6.07) is 5.36. The molecule has 0 unspecified atom stereocenters. The van der Waals surface area contributed by atoms with Crippen molar-refractivity contribution in [2.24, 2.45) is 5.41 Å². The van der Waals surface area contributed by atoms with Gasteiger partial charge in [0.2, 0.25) is 0 Å². The van der Waals surface area contributed by atoms with Crippen LogP contribution in [0.15, 0.2) is 24.3 Å². The summed E-state index contributed by atoms with van der Waals surface area (Å²) >= 11 is 6.77. The van der Waals surface area contributed by atoms with Crippen LogP contribution in [0.25, 0.3) is 32.9 Å². The molecular formula is C33H35ClF3N7O2. The Kier molecular flexibility index (Phi) is 7.20. The molecule has 2 aromatic carbocycles. The fourth-order valence-corrected chi connectivity index (χ4v) is 7.73. The van der Waals surface area contributed by atoms with E-state index in [9.17, 15) is 4.39 Å². The van der Waals surface area contributed by atoms with Crippen molar-refractivity contribution in [2.75, 3.05) is 63.2 Å². The first kappa shape index (κ1) is 29.9. The molecule has 9 nitrogen and oxygen atoms in total. The van der Waals surface area contributed by atoms with Gasteiger partial charge in [-0.15, -0.1) is 0 Å². The van der Waals surface area contributed by atoms with Crippen molar-refractivity contribution in [3.05, 3.63) is 46.7 Å². The third kappa shape index (κ3) is 5.29. The van der Waals surface area contributed by atoms with Crippen molar-refractivity contribution in [1.82, 2.24) is 25.2 Å². The quantitative estimate of drug-likeness (QED) is 0.275. The molecule has 1 saturated carbocycles. The van der Waals surface area contributed by atoms with E-state index in [4.69, 9.17) is 31.8 Å². The molecule has 3 N–H and O–H groups in total. The monoisotopic (exact) mass is 653 g/mol. The van der Waals surface area contributed by atoms with Crippen molar-refractivity contribution in [3.63, 3.8) is 0 Å². The van der Waals surface area contributed by atoms with Crippen LogP contribution < -0.4 is 20.7 Å². The minimum atomic E-state index is -1.01. The predicted octanol–water partition coefficient (Wildman–Crippen LogP) is 5.32. The van der Waals surface area contributed by atoms with Crippen molar-refractivity contribution in [1.29, 1.82) is 0 Å². The lowest BCUT2D eigenvalue weighted by molar-refractivity contribution is 0.0231. The third-order valence-electron chi connectivity index (χ3n) is 10.0. The van der Waals surface area contributed by atoms with Crippen LogP contribution in [0, 0.1) is 22.9 Å². The van der Waals surface area contributed by atoms with E-state index < -0.39 is 17.5 Å². The zero-order valence-corrected chi connectivity index (χ0v) is 26.3. The summed E-state index contributed by atoms with van der Waals surface area (Å²) in [6.07, 6.45) is 4.07. The lowest BCUT2D eigenvalue weighted by Crippen LogP contribution is -2.58. The second-order valence-corrected chi connectivity index (χ2v) is 14.0. The van der Waals surface area contributed by atoms with Crippen LogP contribution in [0.1, 0.15) is 32.6 Å². The van der Waals surface area contributed by atoms with E-state index >= 15 is 8.78 Å². The number of nitrogen functional groups attached to an aromatic ring is 1. The maximum Gasteiger partial charge on any atom is 0.319 e. The minimum Gasteiger partial charge on any atom is -0.463 e. The highest BCUT2D eigenvalue weighted by molar-refractivity contribution is 6.35. The molecule has 5 heterocycles. The molecule has 4 aliphatic rings. The Hall–Kier alpha value is -3.45. The fraction of sp³-hybridized carbons (Fsp3) is 0.485. The summed E-state index contributed by atoms with van der Waals surface area (Å²) in [5.41, 5.74) is 4.99. The number of aromatic nitrogens is 3. The largest absolute Gasteiger partial charge is 0.463 e. The molecule has 242 valence electrons. The molecular weight excluding hydrogens is 619 g/mol. The second kappa shape index (κ2) is 11.1. The minimum absolute atomic E-state index is 0.00639. The first-order chi connectivity index (χ1) is 22.1. The number of benzene rings is 2. The number of hydrogen-bond donors (Lipinski definition) is 2. The predicted molar refractivity (Wildman–Crippen MR) is 171 cm³/mol. The van der Waals surface area contributed by atoms with Crippen LogP contribution in [0.3, 0.4) is 0 Å². The maximum absolute atomic E-state index is 16.9. The average molecular weight is 654 g/mol. The van der Waals surface area contributed by atoms with Gasteiger partial charge in [0, 0.05) is 77.7 Å². The first-order valence-electron chi connectivity index (χ1n) is 15.8. The lowest BCUT2D eigenvalue weighted by Gasteiger charge is -2.40. The first-order valence-corrected chi connectivity index (χ1v) is 16.2. The SMILES string of the molecule is C[C@@]12CC[C@H](CN(c3nc(OCC4(CN5CCOCC5)CC4)nc4c(F)c(-c5c(F)cc(F)c6ccc(N)nc56)c(Cl)cc34)C1)N2. The molecule has 2 aromatic heterocycles. The molecule has 2 bridgehead atoms. The van der Waals surface area contributed by atoms with E-state index in [-0.39, 0.29) is 61.4 Å². The van der Waals surface area contributed by atoms with Crippen LogP contribution in [0.2, 0.25) is 5.02 Å². The smallest absolute Gasteiger partial charge is 0.319 e. The Morgan fingerprint density at radius 3 is 2.59 bits per heavy atom. The number of halogens is 4. The average Bonchev–Trinajstić information content (AvgIpc) is 3.73. The van der Waals surface area contributed by atoms with Crippen molar-refractivity contribution in [3.8, 4) is 17.1 Å². The third-order valence-corrected chi connectivity index (χ3v) is 10.3. The number of morpholine rings is 1. The van der Waals surface area contributed by atoms with Gasteiger partial charge in [-0.25, -0.2) is 18.2 Å².